The fraction of sp³-hybridized carbons (Fsp3) is 0.818. The third kappa shape index (κ3) is 47.1. The Bertz CT molecular complexity index is 1040. The van der Waals surface area contributed by atoms with Crippen molar-refractivity contribution in [2.24, 2.45) is 0 Å². The normalized spacial score (nSPS) is 13.0. The van der Waals surface area contributed by atoms with E-state index in [2.05, 4.69) is 55.6 Å². The van der Waals surface area contributed by atoms with Crippen LogP contribution in [0.25, 0.3) is 0 Å². The number of nitrogens with one attached hydrogen (secondary N) is 1. The van der Waals surface area contributed by atoms with Crippen molar-refractivity contribution >= 4 is 11.9 Å². The van der Waals surface area contributed by atoms with Crippen LogP contribution in [0.1, 0.15) is 264 Å². The zero-order valence-electron chi connectivity index (χ0n) is 40.4. The molecule has 0 rings (SSSR count). The molecule has 0 saturated heterocycles. The second kappa shape index (κ2) is 50.5. The van der Waals surface area contributed by atoms with Crippen molar-refractivity contribution in [2.75, 3.05) is 13.2 Å². The molecule has 6 nitrogen and oxygen atoms in total. The van der Waals surface area contributed by atoms with Crippen LogP contribution in [0.5, 0.6) is 0 Å². The van der Waals surface area contributed by atoms with Gasteiger partial charge in [0, 0.05) is 12.8 Å². The number of rotatable bonds is 48. The smallest absolute Gasteiger partial charge is 0.305 e. The molecule has 2 unspecified atom stereocenters. The van der Waals surface area contributed by atoms with Crippen molar-refractivity contribution in [3.63, 3.8) is 0 Å². The Morgan fingerprint density at radius 1 is 0.459 bits per heavy atom. The van der Waals surface area contributed by atoms with Crippen LogP contribution in [0.3, 0.4) is 0 Å². The van der Waals surface area contributed by atoms with E-state index in [1.54, 1.807) is 6.08 Å². The molecule has 0 aliphatic rings. The van der Waals surface area contributed by atoms with Crippen molar-refractivity contribution < 1.29 is 24.5 Å². The van der Waals surface area contributed by atoms with Crippen LogP contribution < -0.4 is 5.32 Å². The Balaban J connectivity index is 3.50. The number of unbranched alkanes of at least 4 members (excludes halogenated alkanes) is 31. The van der Waals surface area contributed by atoms with E-state index < -0.39 is 12.1 Å². The average molecular weight is 856 g/mol. The maximum absolute atomic E-state index is 12.4. The molecule has 0 bridgehead atoms. The van der Waals surface area contributed by atoms with Gasteiger partial charge in [-0.15, -0.1) is 0 Å². The number of aliphatic hydroxyl groups excluding tert-OH is 2. The van der Waals surface area contributed by atoms with Crippen LogP contribution in [0.15, 0.2) is 48.6 Å². The predicted molar refractivity (Wildman–Crippen MR) is 264 cm³/mol. The summed E-state index contributed by atoms with van der Waals surface area (Å²) in [5.74, 6) is -0.100. The van der Waals surface area contributed by atoms with E-state index in [0.29, 0.717) is 19.4 Å². The van der Waals surface area contributed by atoms with E-state index in [1.165, 1.54) is 173 Å². The predicted octanol–water partition coefficient (Wildman–Crippen LogP) is 15.8. The molecule has 0 spiro atoms. The van der Waals surface area contributed by atoms with Crippen LogP contribution >= 0.6 is 0 Å². The number of hydrogen-bond donors (Lipinski definition) is 3. The quantitative estimate of drug-likeness (QED) is 0.0322. The molecular weight excluding hydrogens is 755 g/mol. The maximum atomic E-state index is 12.4. The van der Waals surface area contributed by atoms with Crippen molar-refractivity contribution in [3.05, 3.63) is 48.6 Å². The molecule has 6 heteroatoms. The number of esters is 1. The van der Waals surface area contributed by atoms with Gasteiger partial charge < -0.3 is 20.3 Å². The van der Waals surface area contributed by atoms with E-state index in [4.69, 9.17) is 4.74 Å². The summed E-state index contributed by atoms with van der Waals surface area (Å²) in [6.45, 7) is 4.82. The minimum atomic E-state index is -0.852. The molecule has 61 heavy (non-hydrogen) atoms. The Morgan fingerprint density at radius 2 is 0.836 bits per heavy atom. The molecule has 1 amide bonds. The number of carbonyl (C=O) groups excluding carboxylic acids is 2. The summed E-state index contributed by atoms with van der Waals surface area (Å²) in [5.41, 5.74) is 0. The van der Waals surface area contributed by atoms with Crippen molar-refractivity contribution in [3.8, 4) is 0 Å². The van der Waals surface area contributed by atoms with E-state index in [0.717, 1.165) is 64.2 Å². The molecule has 3 N–H and O–H groups in total. The first-order chi connectivity index (χ1) is 30.0. The number of ether oxygens (including phenoxy) is 1. The SMILES string of the molecule is CCCC/C=C\C/C=C\CCCCCCCC(=O)OCCCCCCCC/C=C\CCCCCCCCCC(=O)NC(CO)C(O)/C=C/CCCCCCCCCCCCC. The van der Waals surface area contributed by atoms with Gasteiger partial charge in [-0.05, 0) is 83.5 Å². The van der Waals surface area contributed by atoms with E-state index in [-0.39, 0.29) is 18.5 Å². The van der Waals surface area contributed by atoms with Crippen molar-refractivity contribution in [2.45, 2.75) is 276 Å². The van der Waals surface area contributed by atoms with Gasteiger partial charge in [-0.25, -0.2) is 0 Å². The molecule has 2 atom stereocenters. The van der Waals surface area contributed by atoms with Gasteiger partial charge in [0.15, 0.2) is 0 Å². The van der Waals surface area contributed by atoms with Gasteiger partial charge >= 0.3 is 5.97 Å². The molecule has 0 saturated carbocycles. The van der Waals surface area contributed by atoms with E-state index >= 15 is 0 Å². The third-order valence-electron chi connectivity index (χ3n) is 11.8. The first-order valence-electron chi connectivity index (χ1n) is 26.4. The molecule has 0 aromatic carbocycles. The lowest BCUT2D eigenvalue weighted by Crippen LogP contribution is -2.45. The fourth-order valence-electron chi connectivity index (χ4n) is 7.70. The zero-order valence-corrected chi connectivity index (χ0v) is 40.4. The van der Waals surface area contributed by atoms with Gasteiger partial charge in [-0.3, -0.25) is 9.59 Å². The van der Waals surface area contributed by atoms with Crippen LogP contribution in [0.4, 0.5) is 0 Å². The van der Waals surface area contributed by atoms with Gasteiger partial charge in [0.25, 0.3) is 0 Å². The summed E-state index contributed by atoms with van der Waals surface area (Å²) in [5, 5.41) is 23.0. The van der Waals surface area contributed by atoms with Crippen molar-refractivity contribution in [1.29, 1.82) is 0 Å². The van der Waals surface area contributed by atoms with E-state index in [9.17, 15) is 19.8 Å². The summed E-state index contributed by atoms with van der Waals surface area (Å²) in [7, 11) is 0. The monoisotopic (exact) mass is 856 g/mol. The summed E-state index contributed by atoms with van der Waals surface area (Å²) in [6, 6.07) is -0.637. The van der Waals surface area contributed by atoms with Gasteiger partial charge in [-0.2, -0.15) is 0 Å². The first kappa shape index (κ1) is 58.8. The zero-order chi connectivity index (χ0) is 44.4. The molecule has 0 heterocycles. The van der Waals surface area contributed by atoms with Crippen LogP contribution in [0.2, 0.25) is 0 Å². The summed E-state index contributed by atoms with van der Waals surface area (Å²) in [6.07, 6.45) is 62.5. The van der Waals surface area contributed by atoms with Gasteiger partial charge in [0.05, 0.1) is 25.4 Å². The highest BCUT2D eigenvalue weighted by molar-refractivity contribution is 5.76. The highest BCUT2D eigenvalue weighted by Gasteiger charge is 2.18. The average Bonchev–Trinajstić information content (AvgIpc) is 3.26. The first-order valence-corrected chi connectivity index (χ1v) is 26.4. The minimum absolute atomic E-state index is 0.0183. The van der Waals surface area contributed by atoms with E-state index in [1.807, 2.05) is 6.08 Å². The van der Waals surface area contributed by atoms with Crippen LogP contribution in [-0.2, 0) is 14.3 Å². The lowest BCUT2D eigenvalue weighted by Gasteiger charge is -2.20. The van der Waals surface area contributed by atoms with Crippen molar-refractivity contribution in [1.82, 2.24) is 5.32 Å². The highest BCUT2D eigenvalue weighted by atomic mass is 16.5. The van der Waals surface area contributed by atoms with Gasteiger partial charge in [0.1, 0.15) is 0 Å². The molecular formula is C55H101NO5. The lowest BCUT2D eigenvalue weighted by atomic mass is 10.0. The number of carbonyl (C=O) groups is 2. The Morgan fingerprint density at radius 3 is 1.31 bits per heavy atom. The number of hydrogen-bond acceptors (Lipinski definition) is 5. The van der Waals surface area contributed by atoms with Crippen LogP contribution in [0, 0.1) is 0 Å². The number of allylic oxidation sites excluding steroid dienone is 7. The Hall–Kier alpha value is -2.18. The maximum Gasteiger partial charge on any atom is 0.305 e. The summed E-state index contributed by atoms with van der Waals surface area (Å²) >= 11 is 0. The second-order valence-corrected chi connectivity index (χ2v) is 17.8. The molecule has 0 aromatic rings. The minimum Gasteiger partial charge on any atom is -0.466 e. The van der Waals surface area contributed by atoms with Gasteiger partial charge in [-0.1, -0.05) is 217 Å². The molecule has 0 aliphatic heterocycles. The topological polar surface area (TPSA) is 95.9 Å². The number of amides is 1. The lowest BCUT2D eigenvalue weighted by molar-refractivity contribution is -0.143. The molecule has 0 fully saturated rings. The third-order valence-corrected chi connectivity index (χ3v) is 11.8. The second-order valence-electron chi connectivity index (χ2n) is 17.8. The van der Waals surface area contributed by atoms with Crippen LogP contribution in [-0.4, -0.2) is 47.4 Å². The Labute approximate surface area is 378 Å². The van der Waals surface area contributed by atoms with Gasteiger partial charge in [0.2, 0.25) is 5.91 Å². The number of aliphatic hydroxyl groups is 2. The summed E-state index contributed by atoms with van der Waals surface area (Å²) in [4.78, 5) is 24.4. The molecule has 356 valence electrons. The Kier molecular flexibility index (Phi) is 48.7. The summed E-state index contributed by atoms with van der Waals surface area (Å²) < 4.78 is 5.45. The standard InChI is InChI=1S/C55H101NO5/c1-3-5-7-9-11-13-15-17-25-29-33-37-41-45-49-55(60)61-50-46-42-38-34-30-26-22-20-18-19-21-24-28-32-36-40-44-48-54(59)56-52(51-57)53(58)47-43-39-35-31-27-23-16-14-12-10-8-6-4-2/h9,11,15,17-18,20,43,47,52-53,57-58H,3-8,10,12-14,16,19,21-42,44-46,48-51H2,1-2H3,(H,56,59)/b11-9-,17-15-,20-18-,47-43+. The molecule has 0 aromatic heterocycles. The largest absolute Gasteiger partial charge is 0.466 e. The molecule has 0 radical (unpaired) electrons. The molecule has 0 aliphatic carbocycles. The fourth-order valence-corrected chi connectivity index (χ4v) is 7.70. The highest BCUT2D eigenvalue weighted by Crippen LogP contribution is 2.15.